The molecule has 3 N–H and O–H groups in total. The number of ether oxygens (including phenoxy) is 1. The zero-order valence-corrected chi connectivity index (χ0v) is 9.71. The van der Waals surface area contributed by atoms with Crippen molar-refractivity contribution in [2.24, 2.45) is 0 Å². The summed E-state index contributed by atoms with van der Waals surface area (Å²) in [6.45, 7) is 3.84. The lowest BCUT2D eigenvalue weighted by atomic mass is 10.1. The summed E-state index contributed by atoms with van der Waals surface area (Å²) >= 11 is 5.91. The molecule has 0 aromatic heterocycles. The molecule has 0 radical (unpaired) electrons. The average Bonchev–Trinajstić information content (AvgIpc) is 2.08. The fraction of sp³-hybridized carbons (Fsp3) is 0.455. The number of aliphatic hydroxyl groups is 1. The van der Waals surface area contributed by atoms with Crippen LogP contribution in [0.15, 0.2) is 18.2 Å². The number of benzene rings is 1. The summed E-state index contributed by atoms with van der Waals surface area (Å²) in [7, 11) is 0. The van der Waals surface area contributed by atoms with Crippen molar-refractivity contribution in [1.82, 2.24) is 0 Å². The van der Waals surface area contributed by atoms with Crippen LogP contribution in [0.3, 0.4) is 0 Å². The minimum atomic E-state index is -0.740. The molecule has 0 saturated carbocycles. The Morgan fingerprint density at radius 2 is 2.13 bits per heavy atom. The summed E-state index contributed by atoms with van der Waals surface area (Å²) in [5.74, 6) is 0.489. The van der Waals surface area contributed by atoms with E-state index in [9.17, 15) is 5.11 Å². The summed E-state index contributed by atoms with van der Waals surface area (Å²) in [6, 6.07) is 5.21. The van der Waals surface area contributed by atoms with Gasteiger partial charge in [0.2, 0.25) is 0 Å². The first kappa shape index (κ1) is 12.1. The Balaban J connectivity index is 2.58. The number of halogens is 1. The molecule has 0 fully saturated rings. The van der Waals surface area contributed by atoms with Crippen LogP contribution < -0.4 is 10.5 Å². The molecule has 1 rings (SSSR count). The van der Waals surface area contributed by atoms with Gasteiger partial charge in [0.15, 0.2) is 5.75 Å². The molecular weight excluding hydrogens is 214 g/mol. The summed E-state index contributed by atoms with van der Waals surface area (Å²) in [4.78, 5) is 0. The van der Waals surface area contributed by atoms with E-state index >= 15 is 0 Å². The molecule has 1 aromatic rings. The van der Waals surface area contributed by atoms with Crippen LogP contribution in [-0.4, -0.2) is 17.3 Å². The third kappa shape index (κ3) is 3.98. The van der Waals surface area contributed by atoms with Gasteiger partial charge in [-0.2, -0.15) is 0 Å². The Kier molecular flexibility index (Phi) is 3.83. The van der Waals surface area contributed by atoms with Gasteiger partial charge < -0.3 is 15.6 Å². The third-order valence-electron chi connectivity index (χ3n) is 1.96. The molecule has 0 unspecified atom stereocenters. The molecule has 0 aliphatic rings. The van der Waals surface area contributed by atoms with Crippen molar-refractivity contribution in [2.45, 2.75) is 25.9 Å². The zero-order valence-electron chi connectivity index (χ0n) is 8.96. The van der Waals surface area contributed by atoms with Crippen molar-refractivity contribution in [2.75, 3.05) is 12.3 Å². The van der Waals surface area contributed by atoms with Crippen molar-refractivity contribution in [1.29, 1.82) is 0 Å². The van der Waals surface area contributed by atoms with Gasteiger partial charge in [0.05, 0.1) is 22.9 Å². The normalized spacial score (nSPS) is 11.5. The fourth-order valence-corrected chi connectivity index (χ4v) is 1.32. The SMILES string of the molecule is CC(C)(O)CCOc1c(N)cccc1Cl. The maximum absolute atomic E-state index is 9.49. The van der Waals surface area contributed by atoms with Crippen LogP contribution in [0, 0.1) is 0 Å². The molecule has 0 heterocycles. The van der Waals surface area contributed by atoms with Gasteiger partial charge in [-0.3, -0.25) is 0 Å². The van der Waals surface area contributed by atoms with E-state index in [-0.39, 0.29) is 0 Å². The Bertz CT molecular complexity index is 314. The van der Waals surface area contributed by atoms with Gasteiger partial charge in [0, 0.05) is 6.42 Å². The molecule has 0 aliphatic heterocycles. The van der Waals surface area contributed by atoms with Gasteiger partial charge >= 0.3 is 0 Å². The standard InChI is InChI=1S/C11H16ClNO2/c1-11(2,14)6-7-15-10-8(12)4-3-5-9(10)13/h3-5,14H,6-7,13H2,1-2H3. The Labute approximate surface area is 94.8 Å². The fourth-order valence-electron chi connectivity index (χ4n) is 1.08. The second-order valence-electron chi connectivity index (χ2n) is 4.07. The molecule has 0 atom stereocenters. The lowest BCUT2D eigenvalue weighted by Crippen LogP contribution is -2.22. The summed E-state index contributed by atoms with van der Waals surface area (Å²) in [5.41, 5.74) is 5.47. The van der Waals surface area contributed by atoms with Crippen molar-refractivity contribution < 1.29 is 9.84 Å². The molecule has 0 saturated heterocycles. The van der Waals surface area contributed by atoms with E-state index in [4.69, 9.17) is 22.1 Å². The second-order valence-corrected chi connectivity index (χ2v) is 4.48. The summed E-state index contributed by atoms with van der Waals surface area (Å²) in [6.07, 6.45) is 0.525. The molecule has 4 heteroatoms. The van der Waals surface area contributed by atoms with Crippen LogP contribution in [0.1, 0.15) is 20.3 Å². The number of hydrogen-bond acceptors (Lipinski definition) is 3. The highest BCUT2D eigenvalue weighted by Gasteiger charge is 2.13. The van der Waals surface area contributed by atoms with Gasteiger partial charge in [-0.05, 0) is 26.0 Å². The number of nitrogens with two attached hydrogens (primary N) is 1. The topological polar surface area (TPSA) is 55.5 Å². The smallest absolute Gasteiger partial charge is 0.160 e. The largest absolute Gasteiger partial charge is 0.490 e. The zero-order chi connectivity index (χ0) is 11.5. The second kappa shape index (κ2) is 4.73. The highest BCUT2D eigenvalue weighted by molar-refractivity contribution is 6.32. The Hall–Kier alpha value is -0.930. The molecule has 84 valence electrons. The van der Waals surface area contributed by atoms with E-state index < -0.39 is 5.60 Å². The van der Waals surface area contributed by atoms with E-state index in [0.29, 0.717) is 29.5 Å². The molecule has 0 amide bonds. The van der Waals surface area contributed by atoms with Gasteiger partial charge in [0.1, 0.15) is 0 Å². The van der Waals surface area contributed by atoms with Crippen LogP contribution in [0.5, 0.6) is 5.75 Å². The lowest BCUT2D eigenvalue weighted by Gasteiger charge is -2.18. The highest BCUT2D eigenvalue weighted by atomic mass is 35.5. The van der Waals surface area contributed by atoms with Gasteiger partial charge in [-0.25, -0.2) is 0 Å². The molecule has 15 heavy (non-hydrogen) atoms. The van der Waals surface area contributed by atoms with Crippen molar-refractivity contribution >= 4 is 17.3 Å². The number of rotatable bonds is 4. The maximum atomic E-state index is 9.49. The Morgan fingerprint density at radius 3 is 2.67 bits per heavy atom. The predicted octanol–water partition coefficient (Wildman–Crippen LogP) is 2.46. The van der Waals surface area contributed by atoms with E-state index in [0.717, 1.165) is 0 Å². The van der Waals surface area contributed by atoms with Gasteiger partial charge in [-0.1, -0.05) is 17.7 Å². The average molecular weight is 230 g/mol. The molecule has 3 nitrogen and oxygen atoms in total. The first-order valence-corrected chi connectivity index (χ1v) is 5.17. The Morgan fingerprint density at radius 1 is 1.47 bits per heavy atom. The third-order valence-corrected chi connectivity index (χ3v) is 2.26. The van der Waals surface area contributed by atoms with E-state index in [1.54, 1.807) is 32.0 Å². The monoisotopic (exact) mass is 229 g/mol. The predicted molar refractivity (Wildman–Crippen MR) is 62.3 cm³/mol. The number of nitrogen functional groups attached to an aromatic ring is 1. The molecule has 1 aromatic carbocycles. The minimum absolute atomic E-state index is 0.386. The van der Waals surface area contributed by atoms with Gasteiger partial charge in [-0.15, -0.1) is 0 Å². The van der Waals surface area contributed by atoms with Crippen LogP contribution in [0.2, 0.25) is 5.02 Å². The highest BCUT2D eigenvalue weighted by Crippen LogP contribution is 2.30. The molecule has 0 aliphatic carbocycles. The van der Waals surface area contributed by atoms with E-state index in [1.165, 1.54) is 0 Å². The number of hydrogen-bond donors (Lipinski definition) is 2. The summed E-state index contributed by atoms with van der Waals surface area (Å²) < 4.78 is 5.43. The maximum Gasteiger partial charge on any atom is 0.160 e. The van der Waals surface area contributed by atoms with Crippen LogP contribution in [0.25, 0.3) is 0 Å². The van der Waals surface area contributed by atoms with Crippen molar-refractivity contribution in [3.8, 4) is 5.75 Å². The first-order chi connectivity index (χ1) is 6.90. The van der Waals surface area contributed by atoms with Gasteiger partial charge in [0.25, 0.3) is 0 Å². The number of anilines is 1. The number of para-hydroxylation sites is 1. The molecule has 0 spiro atoms. The minimum Gasteiger partial charge on any atom is -0.490 e. The quantitative estimate of drug-likeness (QED) is 0.780. The van der Waals surface area contributed by atoms with Crippen LogP contribution in [0.4, 0.5) is 5.69 Å². The lowest BCUT2D eigenvalue weighted by molar-refractivity contribution is 0.0554. The molecular formula is C11H16ClNO2. The van der Waals surface area contributed by atoms with Crippen LogP contribution in [-0.2, 0) is 0 Å². The van der Waals surface area contributed by atoms with E-state index in [2.05, 4.69) is 0 Å². The molecule has 0 bridgehead atoms. The van der Waals surface area contributed by atoms with Crippen molar-refractivity contribution in [3.63, 3.8) is 0 Å². The van der Waals surface area contributed by atoms with E-state index in [1.807, 2.05) is 0 Å². The first-order valence-electron chi connectivity index (χ1n) is 4.79. The summed E-state index contributed by atoms with van der Waals surface area (Å²) in [5, 5.41) is 9.98. The van der Waals surface area contributed by atoms with Crippen molar-refractivity contribution in [3.05, 3.63) is 23.2 Å². The van der Waals surface area contributed by atoms with Crippen LogP contribution >= 0.6 is 11.6 Å².